The Morgan fingerprint density at radius 2 is 1.93 bits per heavy atom. The Balaban J connectivity index is 4.47. The zero-order chi connectivity index (χ0) is 11.1. The van der Waals surface area contributed by atoms with Gasteiger partial charge in [-0.2, -0.15) is 0 Å². The maximum atomic E-state index is 11.5. The Kier molecular flexibility index (Phi) is 5.92. The zero-order valence-corrected chi connectivity index (χ0v) is 9.46. The van der Waals surface area contributed by atoms with Gasteiger partial charge in [0.1, 0.15) is 6.04 Å². The highest BCUT2D eigenvalue weighted by atomic mass is 16.2. The highest BCUT2D eigenvalue weighted by Crippen LogP contribution is 2.06. The Morgan fingerprint density at radius 3 is 2.29 bits per heavy atom. The molecule has 0 heterocycles. The molecule has 0 aromatic rings. The summed E-state index contributed by atoms with van der Waals surface area (Å²) in [6.45, 7) is 3.80. The van der Waals surface area contributed by atoms with Crippen LogP contribution in [0.4, 0.5) is 0 Å². The fourth-order valence-electron chi connectivity index (χ4n) is 1.36. The van der Waals surface area contributed by atoms with Crippen LogP contribution in [0.25, 0.3) is 0 Å². The third kappa shape index (κ3) is 3.36. The molecule has 0 unspecified atom stereocenters. The molecule has 0 radical (unpaired) electrons. The highest BCUT2D eigenvalue weighted by molar-refractivity contribution is 5.87. The molecule has 0 fully saturated rings. The first kappa shape index (κ1) is 12.9. The summed E-state index contributed by atoms with van der Waals surface area (Å²) in [4.78, 5) is 24.4. The number of hydrogen-bond acceptors (Lipinski definition) is 2. The Bertz CT molecular complexity index is 204. The van der Waals surface area contributed by atoms with E-state index < -0.39 is 0 Å². The monoisotopic (exact) mass is 200 g/mol. The van der Waals surface area contributed by atoms with Gasteiger partial charge in [-0.05, 0) is 6.42 Å². The van der Waals surface area contributed by atoms with Crippen molar-refractivity contribution in [3.05, 3.63) is 0 Å². The van der Waals surface area contributed by atoms with Crippen molar-refractivity contribution in [2.75, 3.05) is 14.1 Å². The number of likely N-dealkylation sites (N-methyl/N-ethyl adjacent to an activating group) is 2. The Hall–Kier alpha value is -1.06. The van der Waals surface area contributed by atoms with Crippen molar-refractivity contribution in [2.24, 2.45) is 0 Å². The first-order valence-corrected chi connectivity index (χ1v) is 5.05. The first-order valence-electron chi connectivity index (χ1n) is 5.05. The molecular weight excluding hydrogens is 180 g/mol. The third-order valence-electron chi connectivity index (χ3n) is 2.27. The molecule has 4 nitrogen and oxygen atoms in total. The van der Waals surface area contributed by atoms with Crippen LogP contribution < -0.4 is 5.32 Å². The lowest BCUT2D eigenvalue weighted by Gasteiger charge is -2.26. The van der Waals surface area contributed by atoms with Gasteiger partial charge >= 0.3 is 0 Å². The predicted molar refractivity (Wildman–Crippen MR) is 55.8 cm³/mol. The van der Waals surface area contributed by atoms with E-state index in [0.29, 0.717) is 12.8 Å². The fraction of sp³-hybridized carbons (Fsp3) is 0.800. The van der Waals surface area contributed by atoms with Gasteiger partial charge in [0, 0.05) is 20.5 Å². The molecule has 0 saturated heterocycles. The van der Waals surface area contributed by atoms with Crippen LogP contribution in [0.15, 0.2) is 0 Å². The van der Waals surface area contributed by atoms with Gasteiger partial charge in [-0.3, -0.25) is 9.59 Å². The minimum Gasteiger partial charge on any atom is -0.357 e. The van der Waals surface area contributed by atoms with Gasteiger partial charge in [-0.1, -0.05) is 20.3 Å². The predicted octanol–water partition coefficient (Wildman–Crippen LogP) is 0.769. The third-order valence-corrected chi connectivity index (χ3v) is 2.27. The standard InChI is InChI=1S/C10H20N2O2/c1-5-7-8(10(14)11-3)12(4)9(13)6-2/h8H,5-7H2,1-4H3,(H,11,14)/t8-/m0/s1. The van der Waals surface area contributed by atoms with E-state index in [1.807, 2.05) is 6.92 Å². The van der Waals surface area contributed by atoms with Crippen LogP contribution >= 0.6 is 0 Å². The van der Waals surface area contributed by atoms with Crippen molar-refractivity contribution in [2.45, 2.75) is 39.2 Å². The molecule has 0 bridgehead atoms. The van der Waals surface area contributed by atoms with Crippen molar-refractivity contribution in [1.82, 2.24) is 10.2 Å². The fourth-order valence-corrected chi connectivity index (χ4v) is 1.36. The maximum absolute atomic E-state index is 11.5. The number of carbonyl (C=O) groups is 2. The summed E-state index contributed by atoms with van der Waals surface area (Å²) < 4.78 is 0. The Labute approximate surface area is 85.7 Å². The van der Waals surface area contributed by atoms with Crippen molar-refractivity contribution < 1.29 is 9.59 Å². The average Bonchev–Trinajstić information content (AvgIpc) is 2.22. The van der Waals surface area contributed by atoms with Crippen LogP contribution in [-0.2, 0) is 9.59 Å². The number of nitrogens with zero attached hydrogens (tertiary/aromatic N) is 1. The van der Waals surface area contributed by atoms with Crippen LogP contribution in [0.1, 0.15) is 33.1 Å². The average molecular weight is 200 g/mol. The van der Waals surface area contributed by atoms with Crippen molar-refractivity contribution in [3.8, 4) is 0 Å². The minimum atomic E-state index is -0.322. The van der Waals surface area contributed by atoms with Crippen molar-refractivity contribution >= 4 is 11.8 Å². The maximum Gasteiger partial charge on any atom is 0.242 e. The molecule has 0 aromatic carbocycles. The molecule has 1 N–H and O–H groups in total. The van der Waals surface area contributed by atoms with E-state index >= 15 is 0 Å². The lowest BCUT2D eigenvalue weighted by Crippen LogP contribution is -2.46. The molecule has 0 spiro atoms. The van der Waals surface area contributed by atoms with Crippen LogP contribution in [0.2, 0.25) is 0 Å². The van der Waals surface area contributed by atoms with Crippen LogP contribution in [0.5, 0.6) is 0 Å². The van der Waals surface area contributed by atoms with Gasteiger partial charge < -0.3 is 10.2 Å². The SMILES string of the molecule is CCC[C@@H](C(=O)NC)N(C)C(=O)CC. The zero-order valence-electron chi connectivity index (χ0n) is 9.46. The van der Waals surface area contributed by atoms with E-state index in [1.165, 1.54) is 4.90 Å². The summed E-state index contributed by atoms with van der Waals surface area (Å²) >= 11 is 0. The Morgan fingerprint density at radius 1 is 1.36 bits per heavy atom. The molecule has 82 valence electrons. The van der Waals surface area contributed by atoms with Crippen LogP contribution in [0.3, 0.4) is 0 Å². The minimum absolute atomic E-state index is 0.00653. The van der Waals surface area contributed by atoms with E-state index in [2.05, 4.69) is 5.32 Å². The van der Waals surface area contributed by atoms with E-state index in [-0.39, 0.29) is 17.9 Å². The van der Waals surface area contributed by atoms with Crippen LogP contribution in [0, 0.1) is 0 Å². The molecule has 1 atom stereocenters. The van der Waals surface area contributed by atoms with Crippen LogP contribution in [-0.4, -0.2) is 36.9 Å². The van der Waals surface area contributed by atoms with Gasteiger partial charge in [0.2, 0.25) is 11.8 Å². The van der Waals surface area contributed by atoms with Gasteiger partial charge in [-0.25, -0.2) is 0 Å². The molecule has 0 aliphatic rings. The normalized spacial score (nSPS) is 12.0. The van der Waals surface area contributed by atoms with E-state index in [1.54, 1.807) is 21.0 Å². The molecule has 2 amide bonds. The molecule has 0 aliphatic heterocycles. The molecule has 4 heteroatoms. The van der Waals surface area contributed by atoms with Crippen molar-refractivity contribution in [1.29, 1.82) is 0 Å². The molecule has 14 heavy (non-hydrogen) atoms. The highest BCUT2D eigenvalue weighted by Gasteiger charge is 2.23. The molecule has 0 saturated carbocycles. The second-order valence-electron chi connectivity index (χ2n) is 3.28. The topological polar surface area (TPSA) is 49.4 Å². The number of nitrogens with one attached hydrogen (secondary N) is 1. The summed E-state index contributed by atoms with van der Waals surface area (Å²) in [5, 5.41) is 2.58. The van der Waals surface area contributed by atoms with Gasteiger partial charge in [-0.15, -0.1) is 0 Å². The summed E-state index contributed by atoms with van der Waals surface area (Å²) in [5.74, 6) is -0.0804. The summed E-state index contributed by atoms with van der Waals surface area (Å²) in [6.07, 6.45) is 2.04. The quantitative estimate of drug-likeness (QED) is 0.712. The van der Waals surface area contributed by atoms with Crippen molar-refractivity contribution in [3.63, 3.8) is 0 Å². The van der Waals surface area contributed by atoms with Gasteiger partial charge in [0.25, 0.3) is 0 Å². The lowest BCUT2D eigenvalue weighted by atomic mass is 10.1. The largest absolute Gasteiger partial charge is 0.357 e. The first-order chi connectivity index (χ1) is 6.58. The molecule has 0 aromatic heterocycles. The molecule has 0 aliphatic carbocycles. The number of hydrogen-bond donors (Lipinski definition) is 1. The summed E-state index contributed by atoms with van der Waals surface area (Å²) in [5.41, 5.74) is 0. The molecular formula is C10H20N2O2. The van der Waals surface area contributed by atoms with E-state index in [0.717, 1.165) is 6.42 Å². The lowest BCUT2D eigenvalue weighted by molar-refractivity contribution is -0.138. The number of carbonyl (C=O) groups excluding carboxylic acids is 2. The molecule has 0 rings (SSSR count). The number of amides is 2. The van der Waals surface area contributed by atoms with E-state index in [4.69, 9.17) is 0 Å². The second-order valence-corrected chi connectivity index (χ2v) is 3.28. The number of rotatable bonds is 5. The summed E-state index contributed by atoms with van der Waals surface area (Å²) in [6, 6.07) is -0.322. The van der Waals surface area contributed by atoms with Gasteiger partial charge in [0.15, 0.2) is 0 Å². The second kappa shape index (κ2) is 6.40. The smallest absolute Gasteiger partial charge is 0.242 e. The summed E-state index contributed by atoms with van der Waals surface area (Å²) in [7, 11) is 3.27. The van der Waals surface area contributed by atoms with Gasteiger partial charge in [0.05, 0.1) is 0 Å². The van der Waals surface area contributed by atoms with E-state index in [9.17, 15) is 9.59 Å².